The monoisotopic (exact) mass is 720 g/mol. The zero-order valence-corrected chi connectivity index (χ0v) is 31.9. The van der Waals surface area contributed by atoms with E-state index in [1.165, 1.54) is 100 Å². The second kappa shape index (κ2) is 16.5. The lowest BCUT2D eigenvalue weighted by Crippen LogP contribution is -2.05. The number of aromatic amines is 2. The first-order valence-electron chi connectivity index (χ1n) is 20.9. The molecule has 0 spiro atoms. The molecule has 2 saturated carbocycles. The zero-order chi connectivity index (χ0) is 36.8. The van der Waals surface area contributed by atoms with Crippen LogP contribution in [0.2, 0.25) is 0 Å². The molecule has 276 valence electrons. The molecule has 5 heterocycles. The lowest BCUT2D eigenvalue weighted by atomic mass is 9.85. The van der Waals surface area contributed by atoms with E-state index in [-0.39, 0.29) is 0 Å². The van der Waals surface area contributed by atoms with Gasteiger partial charge in [-0.25, -0.2) is 9.97 Å². The summed E-state index contributed by atoms with van der Waals surface area (Å²) in [4.78, 5) is 19.2. The molecule has 2 aliphatic heterocycles. The van der Waals surface area contributed by atoms with Crippen molar-refractivity contribution < 1.29 is 0 Å². The lowest BCUT2D eigenvalue weighted by Gasteiger charge is -2.21. The predicted molar refractivity (Wildman–Crippen MR) is 235 cm³/mol. The SMILES string of the molecule is C1=Cc2nc1c(C1=C/C=C\C=C/C=C\1)c1ccc([nH]1)c(C1CCCCCCC1)c1nc(c(C3=C/C=C\C=C/C=C\3)c3ccc([nH]3)c2C2CCCCCC2)C=C1. The maximum Gasteiger partial charge on any atom is 0.0737 e. The summed E-state index contributed by atoms with van der Waals surface area (Å²) in [5.74, 6) is 0.867. The molecular formula is C51H52N4. The number of fused-ring (bicyclic) bond motifs is 8. The van der Waals surface area contributed by atoms with Gasteiger partial charge in [-0.2, -0.15) is 0 Å². The van der Waals surface area contributed by atoms with E-state index in [1.54, 1.807) is 0 Å². The molecule has 55 heavy (non-hydrogen) atoms. The maximum atomic E-state index is 5.60. The number of nitrogens with one attached hydrogen (secondary N) is 2. The molecule has 2 N–H and O–H groups in total. The highest BCUT2D eigenvalue weighted by atomic mass is 14.8. The lowest BCUT2D eigenvalue weighted by molar-refractivity contribution is 0.456. The molecule has 3 aromatic rings. The summed E-state index contributed by atoms with van der Waals surface area (Å²) < 4.78 is 0. The van der Waals surface area contributed by atoms with Gasteiger partial charge in [-0.15, -0.1) is 0 Å². The fourth-order valence-corrected chi connectivity index (χ4v) is 9.49. The molecule has 0 aromatic carbocycles. The van der Waals surface area contributed by atoms with Gasteiger partial charge in [0.2, 0.25) is 0 Å². The quantitative estimate of drug-likeness (QED) is 0.182. The standard InChI is InChI=1S/C51H52N4/c1-4-12-20-36(21-13-5-1)48-40-28-30-42(52-40)49(37-22-14-6-2-7-15-23-37)44-32-34-46(54-44)51(39-26-18-10-11-19-27-39)47-35-33-45(55-47)50(43-31-29-41(48)53-43)38-24-16-8-3-9-17-25-38/h2-3,6-9,14-17,22-25,28-36,39,52,55H,1,4-5,10-13,18-21,26-27H2/b6-2-,7-2?,8-3-,9-3?,14-6?,15-7-,16-8?,17-9-,22-14-,23-15?,24-16-,25-17?,37-22?,37-23+,38-24?,38-25+,48-40?,48-41?,49-42?,49-44?,50-43?,50-45?,51-46?,51-47?. The summed E-state index contributed by atoms with van der Waals surface area (Å²) in [5, 5.41) is 0. The van der Waals surface area contributed by atoms with E-state index in [4.69, 9.17) is 9.97 Å². The molecule has 4 aliphatic carbocycles. The van der Waals surface area contributed by atoms with Gasteiger partial charge in [-0.3, -0.25) is 0 Å². The van der Waals surface area contributed by atoms with Gasteiger partial charge in [-0.05, 0) is 97.2 Å². The molecule has 0 atom stereocenters. The van der Waals surface area contributed by atoms with Gasteiger partial charge in [0.25, 0.3) is 0 Å². The Balaban J connectivity index is 1.40. The average Bonchev–Trinajstić information content (AvgIpc) is 3.97. The Labute approximate surface area is 326 Å². The highest BCUT2D eigenvalue weighted by molar-refractivity contribution is 5.95. The van der Waals surface area contributed by atoms with Crippen LogP contribution in [0.4, 0.5) is 0 Å². The van der Waals surface area contributed by atoms with Crippen molar-refractivity contribution in [3.05, 3.63) is 154 Å². The van der Waals surface area contributed by atoms with Crippen LogP contribution in [0.5, 0.6) is 0 Å². The number of nitrogens with zero attached hydrogens (tertiary/aromatic N) is 2. The second-order valence-corrected chi connectivity index (χ2v) is 15.8. The van der Waals surface area contributed by atoms with E-state index in [2.05, 4.69) is 144 Å². The smallest absolute Gasteiger partial charge is 0.0737 e. The van der Waals surface area contributed by atoms with Crippen LogP contribution >= 0.6 is 0 Å². The summed E-state index contributed by atoms with van der Waals surface area (Å²) in [5.41, 5.74) is 15.9. The highest BCUT2D eigenvalue weighted by Gasteiger charge is 2.24. The predicted octanol–water partition coefficient (Wildman–Crippen LogP) is 14.1. The van der Waals surface area contributed by atoms with Crippen molar-refractivity contribution in [3.63, 3.8) is 0 Å². The molecule has 0 radical (unpaired) electrons. The molecular weight excluding hydrogens is 669 g/mol. The Hall–Kier alpha value is -5.48. The summed E-state index contributed by atoms with van der Waals surface area (Å²) in [7, 11) is 0. The van der Waals surface area contributed by atoms with Crippen molar-refractivity contribution >= 4 is 57.5 Å². The third-order valence-electron chi connectivity index (χ3n) is 12.2. The third-order valence-corrected chi connectivity index (χ3v) is 12.2. The van der Waals surface area contributed by atoms with Crippen LogP contribution in [-0.4, -0.2) is 19.9 Å². The molecule has 0 unspecified atom stereocenters. The van der Waals surface area contributed by atoms with Crippen LogP contribution in [0.15, 0.2) is 109 Å². The molecule has 0 amide bonds. The minimum absolute atomic E-state index is 0.431. The van der Waals surface area contributed by atoms with E-state index >= 15 is 0 Å². The largest absolute Gasteiger partial charge is 0.355 e. The van der Waals surface area contributed by atoms with Crippen molar-refractivity contribution in [2.45, 2.75) is 95.3 Å². The maximum absolute atomic E-state index is 5.60. The first kappa shape index (κ1) is 35.2. The number of hydrogen-bond acceptors (Lipinski definition) is 2. The van der Waals surface area contributed by atoms with E-state index in [0.29, 0.717) is 11.8 Å². The van der Waals surface area contributed by atoms with Crippen molar-refractivity contribution in [2.24, 2.45) is 0 Å². The molecule has 9 rings (SSSR count). The number of allylic oxidation sites excluding steroid dienone is 16. The Morgan fingerprint density at radius 1 is 0.364 bits per heavy atom. The highest BCUT2D eigenvalue weighted by Crippen LogP contribution is 2.40. The normalized spacial score (nSPS) is 24.7. The first-order valence-corrected chi connectivity index (χ1v) is 20.9. The molecule has 6 aliphatic rings. The second-order valence-electron chi connectivity index (χ2n) is 15.8. The van der Waals surface area contributed by atoms with Crippen LogP contribution in [0, 0.1) is 0 Å². The zero-order valence-electron chi connectivity index (χ0n) is 31.9. The average molecular weight is 721 g/mol. The number of rotatable bonds is 4. The third kappa shape index (κ3) is 7.60. The van der Waals surface area contributed by atoms with Gasteiger partial charge < -0.3 is 9.97 Å². The van der Waals surface area contributed by atoms with E-state index in [1.807, 2.05) is 0 Å². The van der Waals surface area contributed by atoms with Gasteiger partial charge in [0, 0.05) is 44.3 Å². The van der Waals surface area contributed by atoms with Crippen LogP contribution < -0.4 is 0 Å². The van der Waals surface area contributed by atoms with Crippen LogP contribution in [0.25, 0.3) is 57.5 Å². The van der Waals surface area contributed by atoms with E-state index in [0.717, 1.165) is 61.6 Å². The minimum Gasteiger partial charge on any atom is -0.355 e. The molecule has 2 fully saturated rings. The van der Waals surface area contributed by atoms with Crippen molar-refractivity contribution in [1.29, 1.82) is 0 Å². The van der Waals surface area contributed by atoms with Gasteiger partial charge in [0.1, 0.15) is 0 Å². The number of aromatic nitrogens is 4. The first-order chi connectivity index (χ1) is 27.3. The van der Waals surface area contributed by atoms with Crippen LogP contribution in [-0.2, 0) is 0 Å². The summed E-state index contributed by atoms with van der Waals surface area (Å²) in [6.45, 7) is 0. The minimum atomic E-state index is 0.431. The topological polar surface area (TPSA) is 57.4 Å². The molecule has 0 saturated heterocycles. The van der Waals surface area contributed by atoms with Gasteiger partial charge in [0.15, 0.2) is 0 Å². The summed E-state index contributed by atoms with van der Waals surface area (Å²) in [6.07, 6.45) is 55.4. The molecule has 8 bridgehead atoms. The fourth-order valence-electron chi connectivity index (χ4n) is 9.49. The van der Waals surface area contributed by atoms with E-state index < -0.39 is 0 Å². The van der Waals surface area contributed by atoms with E-state index in [9.17, 15) is 0 Å². The Morgan fingerprint density at radius 3 is 1.18 bits per heavy atom. The van der Waals surface area contributed by atoms with Gasteiger partial charge in [0.05, 0.1) is 22.8 Å². The molecule has 3 aromatic heterocycles. The fraction of sp³-hybridized carbons (Fsp3) is 0.294. The van der Waals surface area contributed by atoms with Crippen LogP contribution in [0.3, 0.4) is 0 Å². The van der Waals surface area contributed by atoms with Crippen LogP contribution in [0.1, 0.15) is 140 Å². The van der Waals surface area contributed by atoms with Crippen molar-refractivity contribution in [2.75, 3.05) is 0 Å². The van der Waals surface area contributed by atoms with Crippen molar-refractivity contribution in [3.8, 4) is 0 Å². The summed E-state index contributed by atoms with van der Waals surface area (Å²) in [6, 6.07) is 9.18. The number of hydrogen-bond donors (Lipinski definition) is 2. The van der Waals surface area contributed by atoms with Gasteiger partial charge in [-0.1, -0.05) is 143 Å². The van der Waals surface area contributed by atoms with Crippen molar-refractivity contribution in [1.82, 2.24) is 19.9 Å². The molecule has 4 heteroatoms. The van der Waals surface area contributed by atoms with Gasteiger partial charge >= 0.3 is 0 Å². The Bertz CT molecular complexity index is 2360. The number of H-pyrrole nitrogens is 2. The summed E-state index contributed by atoms with van der Waals surface area (Å²) >= 11 is 0. The molecule has 4 nitrogen and oxygen atoms in total. The Kier molecular flexibility index (Phi) is 10.6. The Morgan fingerprint density at radius 2 is 0.727 bits per heavy atom.